The zero-order chi connectivity index (χ0) is 25.2. The molecule has 1 amide bonds. The van der Waals surface area contributed by atoms with E-state index in [0.29, 0.717) is 25.0 Å². The molecule has 0 saturated heterocycles. The number of anilines is 2. The average Bonchev–Trinajstić information content (AvgIpc) is 3.04. The second-order valence-electron chi connectivity index (χ2n) is 9.10. The maximum atomic E-state index is 14.0. The SMILES string of the molecule is CCOc1ccccc1[C@@H]1CC(=O)C2=C(C1)Nc1ccccc1N(C(C)=O)[C@@H]2c1ccc(OC)cc1. The minimum atomic E-state index is -0.546. The molecular formula is C30H30N2O4. The molecule has 6 heteroatoms. The lowest BCUT2D eigenvalue weighted by atomic mass is 9.78. The second-order valence-corrected chi connectivity index (χ2v) is 9.10. The summed E-state index contributed by atoms with van der Waals surface area (Å²) < 4.78 is 11.2. The molecule has 3 aromatic rings. The molecule has 0 saturated carbocycles. The van der Waals surface area contributed by atoms with E-state index < -0.39 is 6.04 Å². The Morgan fingerprint density at radius 3 is 2.44 bits per heavy atom. The Kier molecular flexibility index (Phi) is 6.51. The first-order chi connectivity index (χ1) is 17.5. The van der Waals surface area contributed by atoms with Gasteiger partial charge in [-0.2, -0.15) is 0 Å². The number of Topliss-reactive ketones (excluding diaryl/α,β-unsaturated/α-hetero) is 1. The van der Waals surface area contributed by atoms with Crippen LogP contribution in [0, 0.1) is 0 Å². The number of hydrogen-bond acceptors (Lipinski definition) is 5. The number of ether oxygens (including phenoxy) is 2. The van der Waals surface area contributed by atoms with E-state index in [4.69, 9.17) is 9.47 Å². The summed E-state index contributed by atoms with van der Waals surface area (Å²) in [6, 6.07) is 22.7. The molecule has 2 aliphatic rings. The summed E-state index contributed by atoms with van der Waals surface area (Å²) in [6.45, 7) is 4.07. The van der Waals surface area contributed by atoms with E-state index in [9.17, 15) is 9.59 Å². The number of nitrogens with one attached hydrogen (secondary N) is 1. The molecule has 1 heterocycles. The maximum Gasteiger partial charge on any atom is 0.224 e. The molecule has 6 nitrogen and oxygen atoms in total. The summed E-state index contributed by atoms with van der Waals surface area (Å²) in [6.07, 6.45) is 0.983. The van der Waals surface area contributed by atoms with Gasteiger partial charge < -0.3 is 14.8 Å². The van der Waals surface area contributed by atoms with Crippen LogP contribution in [0.3, 0.4) is 0 Å². The molecule has 0 bridgehead atoms. The van der Waals surface area contributed by atoms with Gasteiger partial charge in [0.1, 0.15) is 11.5 Å². The predicted molar refractivity (Wildman–Crippen MR) is 141 cm³/mol. The highest BCUT2D eigenvalue weighted by Crippen LogP contribution is 2.48. The van der Waals surface area contributed by atoms with Crippen molar-refractivity contribution in [1.82, 2.24) is 0 Å². The molecule has 0 unspecified atom stereocenters. The van der Waals surface area contributed by atoms with Crippen molar-refractivity contribution < 1.29 is 19.1 Å². The van der Waals surface area contributed by atoms with Gasteiger partial charge >= 0.3 is 0 Å². The van der Waals surface area contributed by atoms with Gasteiger partial charge in [0.15, 0.2) is 5.78 Å². The minimum Gasteiger partial charge on any atom is -0.497 e. The van der Waals surface area contributed by atoms with Crippen molar-refractivity contribution >= 4 is 23.1 Å². The van der Waals surface area contributed by atoms with E-state index in [0.717, 1.165) is 39.7 Å². The lowest BCUT2D eigenvalue weighted by Crippen LogP contribution is -2.37. The fourth-order valence-electron chi connectivity index (χ4n) is 5.36. The summed E-state index contributed by atoms with van der Waals surface area (Å²) in [7, 11) is 1.62. The average molecular weight is 483 g/mol. The molecule has 3 aromatic carbocycles. The number of rotatable bonds is 5. The Labute approximate surface area is 211 Å². The van der Waals surface area contributed by atoms with Gasteiger partial charge in [-0.3, -0.25) is 14.5 Å². The first kappa shape index (κ1) is 23.7. The molecule has 1 aliphatic heterocycles. The third kappa shape index (κ3) is 4.24. The van der Waals surface area contributed by atoms with Gasteiger partial charge in [0.25, 0.3) is 0 Å². The number of carbonyl (C=O) groups is 2. The first-order valence-electron chi connectivity index (χ1n) is 12.3. The van der Waals surface area contributed by atoms with Gasteiger partial charge in [-0.25, -0.2) is 0 Å². The number of ketones is 1. The van der Waals surface area contributed by atoms with Gasteiger partial charge in [-0.05, 0) is 54.8 Å². The first-order valence-corrected chi connectivity index (χ1v) is 12.3. The number of allylic oxidation sites excluding steroid dienone is 1. The zero-order valence-corrected chi connectivity index (χ0v) is 20.8. The molecule has 0 spiro atoms. The van der Waals surface area contributed by atoms with Crippen LogP contribution in [0.15, 0.2) is 84.1 Å². The Bertz CT molecular complexity index is 1330. The van der Waals surface area contributed by atoms with Gasteiger partial charge in [-0.1, -0.05) is 42.5 Å². The van der Waals surface area contributed by atoms with E-state index in [2.05, 4.69) is 5.32 Å². The Morgan fingerprint density at radius 2 is 1.72 bits per heavy atom. The number of methoxy groups -OCH3 is 1. The molecule has 36 heavy (non-hydrogen) atoms. The minimum absolute atomic E-state index is 0.0277. The van der Waals surface area contributed by atoms with Crippen molar-refractivity contribution in [2.24, 2.45) is 0 Å². The van der Waals surface area contributed by atoms with E-state index in [1.165, 1.54) is 0 Å². The lowest BCUT2D eigenvalue weighted by Gasteiger charge is -2.34. The Balaban J connectivity index is 1.67. The summed E-state index contributed by atoms with van der Waals surface area (Å²) in [5, 5.41) is 3.55. The van der Waals surface area contributed by atoms with Crippen LogP contribution in [0.25, 0.3) is 0 Å². The van der Waals surface area contributed by atoms with Crippen LogP contribution in [0.2, 0.25) is 0 Å². The Hall–Kier alpha value is -4.06. The standard InChI is InChI=1S/C30H30N2O4/c1-4-36-28-12-8-5-9-23(28)21-17-25-29(27(34)18-21)30(20-13-15-22(35-3)16-14-20)32(19(2)33)26-11-7-6-10-24(26)31-25/h5-16,21,30-31H,4,17-18H2,1-3H3/t21-,30+/m0/s1. The van der Waals surface area contributed by atoms with E-state index >= 15 is 0 Å². The van der Waals surface area contributed by atoms with E-state index in [1.54, 1.807) is 18.9 Å². The van der Waals surface area contributed by atoms with Gasteiger partial charge in [0.05, 0.1) is 31.1 Å². The third-order valence-corrected chi connectivity index (χ3v) is 6.92. The molecule has 5 rings (SSSR count). The Morgan fingerprint density at radius 1 is 1.00 bits per heavy atom. The largest absolute Gasteiger partial charge is 0.497 e. The van der Waals surface area contributed by atoms with E-state index in [-0.39, 0.29) is 17.6 Å². The summed E-state index contributed by atoms with van der Waals surface area (Å²) in [5.74, 6) is 1.40. The van der Waals surface area contributed by atoms with Gasteiger partial charge in [0, 0.05) is 30.5 Å². The molecule has 1 N–H and O–H groups in total. The van der Waals surface area contributed by atoms with Crippen molar-refractivity contribution in [3.05, 3.63) is 95.2 Å². The number of amides is 1. The summed E-state index contributed by atoms with van der Waals surface area (Å²) in [4.78, 5) is 28.8. The molecule has 2 atom stereocenters. The highest BCUT2D eigenvalue weighted by molar-refractivity contribution is 6.06. The van der Waals surface area contributed by atoms with E-state index in [1.807, 2.05) is 79.7 Å². The van der Waals surface area contributed by atoms with Crippen LogP contribution in [0.4, 0.5) is 11.4 Å². The van der Waals surface area contributed by atoms with Crippen molar-refractivity contribution in [3.63, 3.8) is 0 Å². The predicted octanol–water partition coefficient (Wildman–Crippen LogP) is 6.01. The molecular weight excluding hydrogens is 452 g/mol. The van der Waals surface area contributed by atoms with Gasteiger partial charge in [-0.15, -0.1) is 0 Å². The number of carbonyl (C=O) groups excluding carboxylic acids is 2. The number of para-hydroxylation sites is 3. The summed E-state index contributed by atoms with van der Waals surface area (Å²) >= 11 is 0. The van der Waals surface area contributed by atoms with Crippen LogP contribution < -0.4 is 19.7 Å². The molecule has 1 aliphatic carbocycles. The quantitative estimate of drug-likeness (QED) is 0.482. The molecule has 0 radical (unpaired) electrons. The third-order valence-electron chi connectivity index (χ3n) is 6.92. The van der Waals surface area contributed by atoms with Crippen LogP contribution >= 0.6 is 0 Å². The fraction of sp³-hybridized carbons (Fsp3) is 0.267. The topological polar surface area (TPSA) is 67.9 Å². The fourth-order valence-corrected chi connectivity index (χ4v) is 5.36. The maximum absolute atomic E-state index is 14.0. The van der Waals surface area contributed by atoms with Gasteiger partial charge in [0.2, 0.25) is 5.91 Å². The normalized spacial score (nSPS) is 19.1. The van der Waals surface area contributed by atoms with Crippen molar-refractivity contribution in [2.75, 3.05) is 23.9 Å². The zero-order valence-electron chi connectivity index (χ0n) is 20.8. The summed E-state index contributed by atoms with van der Waals surface area (Å²) in [5.41, 5.74) is 4.93. The van der Waals surface area contributed by atoms with Crippen molar-refractivity contribution in [1.29, 1.82) is 0 Å². The molecule has 0 fully saturated rings. The van der Waals surface area contributed by atoms with Crippen molar-refractivity contribution in [3.8, 4) is 11.5 Å². The molecule has 184 valence electrons. The number of fused-ring (bicyclic) bond motifs is 1. The number of nitrogens with zero attached hydrogens (tertiary/aromatic N) is 1. The molecule has 0 aromatic heterocycles. The number of hydrogen-bond donors (Lipinski definition) is 1. The monoisotopic (exact) mass is 482 g/mol. The van der Waals surface area contributed by atoms with Crippen LogP contribution in [0.1, 0.15) is 49.8 Å². The highest BCUT2D eigenvalue weighted by atomic mass is 16.5. The second kappa shape index (κ2) is 9.90. The highest BCUT2D eigenvalue weighted by Gasteiger charge is 2.41. The van der Waals surface area contributed by atoms with Crippen LogP contribution in [0.5, 0.6) is 11.5 Å². The smallest absolute Gasteiger partial charge is 0.224 e. The van der Waals surface area contributed by atoms with Crippen molar-refractivity contribution in [2.45, 2.75) is 38.6 Å². The van der Waals surface area contributed by atoms with Crippen LogP contribution in [-0.2, 0) is 9.59 Å². The lowest BCUT2D eigenvalue weighted by molar-refractivity contribution is -0.117. The number of benzene rings is 3. The van der Waals surface area contributed by atoms with Crippen LogP contribution in [-0.4, -0.2) is 25.4 Å².